The maximum Gasteiger partial charge on any atom is 0.164 e. The molecule has 0 saturated carbocycles. The summed E-state index contributed by atoms with van der Waals surface area (Å²) < 4.78 is 2.06. The van der Waals surface area contributed by atoms with Crippen molar-refractivity contribution in [2.24, 2.45) is 0 Å². The average Bonchev–Trinajstić information content (AvgIpc) is 2.87. The molecule has 1 heterocycles. The van der Waals surface area contributed by atoms with E-state index in [1.165, 1.54) is 11.1 Å². The second kappa shape index (κ2) is 5.67. The lowest BCUT2D eigenvalue weighted by Gasteiger charge is -2.04. The highest BCUT2D eigenvalue weighted by Crippen LogP contribution is 2.10. The van der Waals surface area contributed by atoms with E-state index in [4.69, 9.17) is 0 Å². The standard InChI is InChI=1S/C16H19NO/c1-3-13-5-7-14(8-6-13)11-17-10-9-15(12-17)16(18)4-2/h5-10,12H,3-4,11H2,1-2H3. The molecule has 0 N–H and O–H groups in total. The van der Waals surface area contributed by atoms with E-state index in [0.717, 1.165) is 18.5 Å². The molecule has 2 nitrogen and oxygen atoms in total. The zero-order chi connectivity index (χ0) is 13.0. The van der Waals surface area contributed by atoms with E-state index in [1.54, 1.807) is 0 Å². The van der Waals surface area contributed by atoms with Gasteiger partial charge >= 0.3 is 0 Å². The van der Waals surface area contributed by atoms with Gasteiger partial charge in [-0.25, -0.2) is 0 Å². The van der Waals surface area contributed by atoms with Crippen molar-refractivity contribution in [1.82, 2.24) is 4.57 Å². The first-order valence-electron chi connectivity index (χ1n) is 6.49. The summed E-state index contributed by atoms with van der Waals surface area (Å²) in [4.78, 5) is 11.5. The Kier molecular flexibility index (Phi) is 3.98. The Morgan fingerprint density at radius 1 is 1.06 bits per heavy atom. The van der Waals surface area contributed by atoms with Crippen LogP contribution in [0.4, 0.5) is 0 Å². The molecule has 0 unspecified atom stereocenters. The first kappa shape index (κ1) is 12.6. The van der Waals surface area contributed by atoms with Crippen LogP contribution in [0.1, 0.15) is 41.8 Å². The normalized spacial score (nSPS) is 10.6. The van der Waals surface area contributed by atoms with Crippen LogP contribution in [0.3, 0.4) is 0 Å². The Bertz CT molecular complexity index is 522. The molecule has 0 aliphatic carbocycles. The SMILES string of the molecule is CCC(=O)c1ccn(Cc2ccc(CC)cc2)c1. The van der Waals surface area contributed by atoms with Crippen LogP contribution in [0.25, 0.3) is 0 Å². The fourth-order valence-corrected chi connectivity index (χ4v) is 2.00. The second-order valence-electron chi connectivity index (χ2n) is 4.52. The van der Waals surface area contributed by atoms with Gasteiger partial charge in [-0.2, -0.15) is 0 Å². The number of carbonyl (C=O) groups excluding carboxylic acids is 1. The molecule has 2 heteroatoms. The van der Waals surface area contributed by atoms with Gasteiger partial charge in [0.05, 0.1) is 0 Å². The number of hydrogen-bond donors (Lipinski definition) is 0. The van der Waals surface area contributed by atoms with Gasteiger partial charge in [-0.3, -0.25) is 4.79 Å². The van der Waals surface area contributed by atoms with E-state index in [9.17, 15) is 4.79 Å². The molecule has 1 aromatic carbocycles. The van der Waals surface area contributed by atoms with E-state index < -0.39 is 0 Å². The smallest absolute Gasteiger partial charge is 0.164 e. The molecule has 94 valence electrons. The third-order valence-electron chi connectivity index (χ3n) is 3.19. The summed E-state index contributed by atoms with van der Waals surface area (Å²) >= 11 is 0. The van der Waals surface area contributed by atoms with E-state index in [0.29, 0.717) is 6.42 Å². The van der Waals surface area contributed by atoms with Gasteiger partial charge in [0.2, 0.25) is 0 Å². The van der Waals surface area contributed by atoms with Crippen LogP contribution in [0.15, 0.2) is 42.7 Å². The number of nitrogens with zero attached hydrogens (tertiary/aromatic N) is 1. The molecule has 18 heavy (non-hydrogen) atoms. The predicted molar refractivity (Wildman–Crippen MR) is 74.0 cm³/mol. The highest BCUT2D eigenvalue weighted by Gasteiger charge is 2.04. The van der Waals surface area contributed by atoms with Crippen molar-refractivity contribution in [1.29, 1.82) is 0 Å². The molecule has 0 spiro atoms. The molecule has 2 aromatic rings. The summed E-state index contributed by atoms with van der Waals surface area (Å²) in [5, 5.41) is 0. The van der Waals surface area contributed by atoms with Crippen molar-refractivity contribution in [3.05, 3.63) is 59.4 Å². The molecule has 0 aliphatic heterocycles. The Morgan fingerprint density at radius 2 is 1.72 bits per heavy atom. The molecular formula is C16H19NO. The lowest BCUT2D eigenvalue weighted by atomic mass is 10.1. The van der Waals surface area contributed by atoms with E-state index in [1.807, 2.05) is 25.4 Å². The number of carbonyl (C=O) groups is 1. The molecule has 0 fully saturated rings. The topological polar surface area (TPSA) is 22.0 Å². The third kappa shape index (κ3) is 2.89. The molecule has 0 bridgehead atoms. The molecule has 0 aliphatic rings. The van der Waals surface area contributed by atoms with Gasteiger partial charge in [0.15, 0.2) is 5.78 Å². The highest BCUT2D eigenvalue weighted by atomic mass is 16.1. The zero-order valence-electron chi connectivity index (χ0n) is 11.0. The number of Topliss-reactive ketones (excluding diaryl/α,β-unsaturated/α-hetero) is 1. The summed E-state index contributed by atoms with van der Waals surface area (Å²) in [6, 6.07) is 10.5. The maximum absolute atomic E-state index is 11.5. The Morgan fingerprint density at radius 3 is 2.33 bits per heavy atom. The lowest BCUT2D eigenvalue weighted by Crippen LogP contribution is -1.98. The number of ketones is 1. The van der Waals surface area contributed by atoms with E-state index in [-0.39, 0.29) is 5.78 Å². The monoisotopic (exact) mass is 241 g/mol. The molecule has 0 radical (unpaired) electrons. The van der Waals surface area contributed by atoms with E-state index in [2.05, 4.69) is 35.8 Å². The van der Waals surface area contributed by atoms with Crippen LogP contribution in [-0.2, 0) is 13.0 Å². The fraction of sp³-hybridized carbons (Fsp3) is 0.312. The summed E-state index contributed by atoms with van der Waals surface area (Å²) in [6.45, 7) is 4.87. The van der Waals surface area contributed by atoms with Crippen molar-refractivity contribution in [2.75, 3.05) is 0 Å². The van der Waals surface area contributed by atoms with Crippen LogP contribution in [0.5, 0.6) is 0 Å². The first-order chi connectivity index (χ1) is 8.72. The van der Waals surface area contributed by atoms with Crippen molar-refractivity contribution in [2.45, 2.75) is 33.2 Å². The predicted octanol–water partition coefficient (Wildman–Crippen LogP) is 3.69. The lowest BCUT2D eigenvalue weighted by molar-refractivity contribution is 0.0988. The van der Waals surface area contributed by atoms with Gasteiger partial charge in [-0.05, 0) is 23.6 Å². The summed E-state index contributed by atoms with van der Waals surface area (Å²) in [6.07, 6.45) is 5.53. The molecule has 0 atom stereocenters. The first-order valence-corrected chi connectivity index (χ1v) is 6.49. The molecular weight excluding hydrogens is 222 g/mol. The minimum Gasteiger partial charge on any atom is -0.349 e. The minimum absolute atomic E-state index is 0.204. The van der Waals surface area contributed by atoms with Gasteiger partial charge in [0.25, 0.3) is 0 Å². The maximum atomic E-state index is 11.5. The van der Waals surface area contributed by atoms with Crippen LogP contribution in [-0.4, -0.2) is 10.4 Å². The number of benzene rings is 1. The number of rotatable bonds is 5. The number of aromatic nitrogens is 1. The Hall–Kier alpha value is -1.83. The summed E-state index contributed by atoms with van der Waals surface area (Å²) in [7, 11) is 0. The Balaban J connectivity index is 2.08. The van der Waals surface area contributed by atoms with Crippen molar-refractivity contribution in [3.8, 4) is 0 Å². The number of hydrogen-bond acceptors (Lipinski definition) is 1. The van der Waals surface area contributed by atoms with E-state index >= 15 is 0 Å². The van der Waals surface area contributed by atoms with Crippen molar-refractivity contribution < 1.29 is 4.79 Å². The molecule has 0 amide bonds. The van der Waals surface area contributed by atoms with Gasteiger partial charge in [0, 0.05) is 30.9 Å². The van der Waals surface area contributed by atoms with Crippen molar-refractivity contribution >= 4 is 5.78 Å². The van der Waals surface area contributed by atoms with Gasteiger partial charge in [-0.1, -0.05) is 38.1 Å². The van der Waals surface area contributed by atoms with Gasteiger partial charge in [0.1, 0.15) is 0 Å². The van der Waals surface area contributed by atoms with Crippen LogP contribution in [0, 0.1) is 0 Å². The summed E-state index contributed by atoms with van der Waals surface area (Å²) in [5.74, 6) is 0.204. The fourth-order valence-electron chi connectivity index (χ4n) is 2.00. The molecule has 2 rings (SSSR count). The van der Waals surface area contributed by atoms with Crippen LogP contribution < -0.4 is 0 Å². The van der Waals surface area contributed by atoms with Crippen LogP contribution >= 0.6 is 0 Å². The Labute approximate surface area is 108 Å². The van der Waals surface area contributed by atoms with Crippen LogP contribution in [0.2, 0.25) is 0 Å². The number of aryl methyl sites for hydroxylation is 1. The minimum atomic E-state index is 0.204. The third-order valence-corrected chi connectivity index (χ3v) is 3.19. The van der Waals surface area contributed by atoms with Gasteiger partial charge in [-0.15, -0.1) is 0 Å². The average molecular weight is 241 g/mol. The van der Waals surface area contributed by atoms with Gasteiger partial charge < -0.3 is 4.57 Å². The molecule has 1 aromatic heterocycles. The quantitative estimate of drug-likeness (QED) is 0.732. The molecule has 0 saturated heterocycles. The summed E-state index contributed by atoms with van der Waals surface area (Å²) in [5.41, 5.74) is 3.43. The largest absolute Gasteiger partial charge is 0.349 e. The van der Waals surface area contributed by atoms with Crippen molar-refractivity contribution in [3.63, 3.8) is 0 Å². The highest BCUT2D eigenvalue weighted by molar-refractivity contribution is 5.95. The zero-order valence-corrected chi connectivity index (χ0v) is 11.0. The second-order valence-corrected chi connectivity index (χ2v) is 4.52.